The van der Waals surface area contributed by atoms with Crippen molar-refractivity contribution < 1.29 is 4.79 Å². The molecule has 0 radical (unpaired) electrons. The minimum Gasteiger partial charge on any atom is -0.325 e. The number of rotatable bonds is 3. The van der Waals surface area contributed by atoms with E-state index in [-0.39, 0.29) is 5.91 Å². The summed E-state index contributed by atoms with van der Waals surface area (Å²) >= 11 is 0. The van der Waals surface area contributed by atoms with Crippen molar-refractivity contribution in [3.05, 3.63) is 29.8 Å². The summed E-state index contributed by atoms with van der Waals surface area (Å²) in [7, 11) is 0. The summed E-state index contributed by atoms with van der Waals surface area (Å²) in [6, 6.07) is 7.70. The smallest absolute Gasteiger partial charge is 0.240 e. The van der Waals surface area contributed by atoms with E-state index in [9.17, 15) is 4.79 Å². The van der Waals surface area contributed by atoms with Crippen LogP contribution < -0.4 is 11.1 Å². The lowest BCUT2D eigenvalue weighted by molar-refractivity contribution is -0.117. The molecule has 0 heterocycles. The second kappa shape index (κ2) is 5.32. The van der Waals surface area contributed by atoms with Gasteiger partial charge in [0, 0.05) is 5.69 Å². The Kier molecular flexibility index (Phi) is 3.79. The van der Waals surface area contributed by atoms with Gasteiger partial charge in [-0.25, -0.2) is 0 Å². The van der Waals surface area contributed by atoms with Crippen LogP contribution in [0.5, 0.6) is 0 Å². The third kappa shape index (κ3) is 3.07. The maximum absolute atomic E-state index is 11.4. The molecule has 17 heavy (non-hydrogen) atoms. The standard InChI is InChI=1S/C14H20N2O/c1-10(15)14(17)16-13-8-6-12(7-9-13)11-4-2-3-5-11/h6-11H,2-5,15H2,1H3,(H,16,17). The zero-order valence-corrected chi connectivity index (χ0v) is 10.3. The number of hydrogen-bond acceptors (Lipinski definition) is 2. The van der Waals surface area contributed by atoms with E-state index in [0.29, 0.717) is 5.92 Å². The first-order chi connectivity index (χ1) is 8.16. The molecule has 3 heteroatoms. The maximum Gasteiger partial charge on any atom is 0.240 e. The molecule has 1 aromatic rings. The van der Waals surface area contributed by atoms with Gasteiger partial charge in [-0.1, -0.05) is 25.0 Å². The Balaban J connectivity index is 2.00. The average molecular weight is 232 g/mol. The van der Waals surface area contributed by atoms with Crippen molar-refractivity contribution in [3.63, 3.8) is 0 Å². The van der Waals surface area contributed by atoms with Crippen LogP contribution in [0.25, 0.3) is 0 Å². The summed E-state index contributed by atoms with van der Waals surface area (Å²) < 4.78 is 0. The van der Waals surface area contributed by atoms with Gasteiger partial charge < -0.3 is 11.1 Å². The highest BCUT2D eigenvalue weighted by Gasteiger charge is 2.16. The number of hydrogen-bond donors (Lipinski definition) is 2. The molecule has 1 amide bonds. The molecule has 1 aliphatic carbocycles. The molecule has 1 saturated carbocycles. The zero-order valence-electron chi connectivity index (χ0n) is 10.3. The summed E-state index contributed by atoms with van der Waals surface area (Å²) in [5.74, 6) is 0.576. The molecule has 1 fully saturated rings. The Hall–Kier alpha value is -1.35. The summed E-state index contributed by atoms with van der Waals surface area (Å²) in [6.07, 6.45) is 5.28. The van der Waals surface area contributed by atoms with Gasteiger partial charge >= 0.3 is 0 Å². The largest absolute Gasteiger partial charge is 0.325 e. The SMILES string of the molecule is CC(N)C(=O)Nc1ccc(C2CCCC2)cc1. The predicted molar refractivity (Wildman–Crippen MR) is 69.9 cm³/mol. The van der Waals surface area contributed by atoms with Gasteiger partial charge in [-0.05, 0) is 43.4 Å². The van der Waals surface area contributed by atoms with Crippen molar-refractivity contribution in [2.24, 2.45) is 5.73 Å². The molecule has 0 aliphatic heterocycles. The number of benzene rings is 1. The Labute approximate surface area is 102 Å². The third-order valence-electron chi connectivity index (χ3n) is 3.42. The Morgan fingerprint density at radius 2 is 1.88 bits per heavy atom. The molecule has 0 spiro atoms. The molecule has 1 aliphatic rings. The van der Waals surface area contributed by atoms with Gasteiger partial charge in [0.2, 0.25) is 5.91 Å². The quantitative estimate of drug-likeness (QED) is 0.841. The van der Waals surface area contributed by atoms with Gasteiger partial charge in [0.1, 0.15) is 0 Å². The lowest BCUT2D eigenvalue weighted by atomic mass is 9.97. The molecular formula is C14H20N2O. The Bertz CT molecular complexity index is 378. The van der Waals surface area contributed by atoms with Crippen LogP contribution in [0.4, 0.5) is 5.69 Å². The summed E-state index contributed by atoms with van der Waals surface area (Å²) in [4.78, 5) is 11.4. The minimum absolute atomic E-state index is 0.140. The molecule has 0 aromatic heterocycles. The van der Waals surface area contributed by atoms with E-state index in [0.717, 1.165) is 5.69 Å². The van der Waals surface area contributed by atoms with Crippen LogP contribution in [0.15, 0.2) is 24.3 Å². The van der Waals surface area contributed by atoms with Crippen LogP contribution >= 0.6 is 0 Å². The predicted octanol–water partition coefficient (Wildman–Crippen LogP) is 2.63. The van der Waals surface area contributed by atoms with Crippen molar-refractivity contribution >= 4 is 11.6 Å². The van der Waals surface area contributed by atoms with E-state index >= 15 is 0 Å². The van der Waals surface area contributed by atoms with Crippen LogP contribution in [0, 0.1) is 0 Å². The average Bonchev–Trinajstić information content (AvgIpc) is 2.83. The number of carbonyl (C=O) groups excluding carboxylic acids is 1. The van der Waals surface area contributed by atoms with E-state index in [1.807, 2.05) is 12.1 Å². The highest BCUT2D eigenvalue weighted by atomic mass is 16.2. The zero-order chi connectivity index (χ0) is 12.3. The lowest BCUT2D eigenvalue weighted by Crippen LogP contribution is -2.32. The lowest BCUT2D eigenvalue weighted by Gasteiger charge is -2.11. The molecule has 0 saturated heterocycles. The molecule has 0 bridgehead atoms. The van der Waals surface area contributed by atoms with Gasteiger partial charge in [0.15, 0.2) is 0 Å². The molecule has 1 aromatic carbocycles. The first kappa shape index (κ1) is 12.1. The fourth-order valence-corrected chi connectivity index (χ4v) is 2.35. The molecule has 3 nitrogen and oxygen atoms in total. The van der Waals surface area contributed by atoms with E-state index in [1.165, 1.54) is 31.2 Å². The maximum atomic E-state index is 11.4. The highest BCUT2D eigenvalue weighted by molar-refractivity contribution is 5.94. The molecule has 1 atom stereocenters. The van der Waals surface area contributed by atoms with Gasteiger partial charge in [-0.3, -0.25) is 4.79 Å². The topological polar surface area (TPSA) is 55.1 Å². The van der Waals surface area contributed by atoms with Gasteiger partial charge in [0.25, 0.3) is 0 Å². The minimum atomic E-state index is -0.468. The van der Waals surface area contributed by atoms with Gasteiger partial charge in [-0.2, -0.15) is 0 Å². The second-order valence-corrected chi connectivity index (χ2v) is 4.88. The molecule has 2 rings (SSSR count). The van der Waals surface area contributed by atoms with Crippen LogP contribution in [-0.2, 0) is 4.79 Å². The first-order valence-corrected chi connectivity index (χ1v) is 6.33. The van der Waals surface area contributed by atoms with E-state index in [4.69, 9.17) is 5.73 Å². The van der Waals surface area contributed by atoms with Gasteiger partial charge in [0.05, 0.1) is 6.04 Å². The second-order valence-electron chi connectivity index (χ2n) is 4.88. The van der Waals surface area contributed by atoms with Crippen LogP contribution in [0.3, 0.4) is 0 Å². The van der Waals surface area contributed by atoms with Crippen molar-refractivity contribution in [1.82, 2.24) is 0 Å². The van der Waals surface area contributed by atoms with Crippen LogP contribution in [0.2, 0.25) is 0 Å². The monoisotopic (exact) mass is 232 g/mol. The van der Waals surface area contributed by atoms with Crippen molar-refractivity contribution in [3.8, 4) is 0 Å². The van der Waals surface area contributed by atoms with E-state index < -0.39 is 6.04 Å². The molecule has 1 unspecified atom stereocenters. The molecular weight excluding hydrogens is 212 g/mol. The fourth-order valence-electron chi connectivity index (χ4n) is 2.35. The summed E-state index contributed by atoms with van der Waals surface area (Å²) in [6.45, 7) is 1.68. The van der Waals surface area contributed by atoms with Crippen molar-refractivity contribution in [1.29, 1.82) is 0 Å². The third-order valence-corrected chi connectivity index (χ3v) is 3.42. The molecule has 3 N–H and O–H groups in total. The number of carbonyl (C=O) groups is 1. The number of nitrogens with two attached hydrogens (primary N) is 1. The number of amides is 1. The Morgan fingerprint density at radius 1 is 1.29 bits per heavy atom. The molecule has 92 valence electrons. The van der Waals surface area contributed by atoms with Crippen molar-refractivity contribution in [2.75, 3.05) is 5.32 Å². The van der Waals surface area contributed by atoms with E-state index in [2.05, 4.69) is 17.4 Å². The van der Waals surface area contributed by atoms with Crippen LogP contribution in [-0.4, -0.2) is 11.9 Å². The van der Waals surface area contributed by atoms with Crippen LogP contribution in [0.1, 0.15) is 44.1 Å². The number of nitrogens with one attached hydrogen (secondary N) is 1. The normalized spacial score (nSPS) is 18.0. The van der Waals surface area contributed by atoms with Crippen molar-refractivity contribution in [2.45, 2.75) is 44.6 Å². The summed E-state index contributed by atoms with van der Waals surface area (Å²) in [5.41, 5.74) is 7.72. The fraction of sp³-hybridized carbons (Fsp3) is 0.500. The summed E-state index contributed by atoms with van der Waals surface area (Å²) in [5, 5.41) is 2.80. The van der Waals surface area contributed by atoms with E-state index in [1.54, 1.807) is 6.92 Å². The number of anilines is 1. The highest BCUT2D eigenvalue weighted by Crippen LogP contribution is 2.34. The van der Waals surface area contributed by atoms with Gasteiger partial charge in [-0.15, -0.1) is 0 Å². The first-order valence-electron chi connectivity index (χ1n) is 6.33. The Morgan fingerprint density at radius 3 is 2.41 bits per heavy atom.